The lowest BCUT2D eigenvalue weighted by atomic mass is 10.0. The average Bonchev–Trinajstić information content (AvgIpc) is 3.32. The molecule has 3 nitrogen and oxygen atoms in total. The number of Topliss-reactive ketones (excluding diaryl/α,β-unsaturated/α-hetero) is 1. The minimum absolute atomic E-state index is 0.231. The van der Waals surface area contributed by atoms with Crippen LogP contribution in [-0.2, 0) is 6.54 Å². The monoisotopic (exact) mass is 297 g/mol. The highest BCUT2D eigenvalue weighted by Gasteiger charge is 2.26. The van der Waals surface area contributed by atoms with Gasteiger partial charge in [-0.05, 0) is 30.3 Å². The maximum Gasteiger partial charge on any atom is 0.164 e. The van der Waals surface area contributed by atoms with E-state index < -0.39 is 0 Å². The number of hydrogen-bond acceptors (Lipinski definition) is 4. The maximum absolute atomic E-state index is 12.2. The van der Waals surface area contributed by atoms with Gasteiger partial charge in [-0.2, -0.15) is 11.8 Å². The van der Waals surface area contributed by atoms with Crippen LogP contribution in [0, 0.1) is 0 Å². The number of hydrogen-bond donors (Lipinski definition) is 1. The van der Waals surface area contributed by atoms with Crippen LogP contribution in [0.25, 0.3) is 0 Å². The van der Waals surface area contributed by atoms with Crippen LogP contribution < -0.4 is 10.1 Å². The number of carbonyl (C=O) groups is 1. The fourth-order valence-corrected chi connectivity index (χ4v) is 3.03. The largest absolute Gasteiger partial charge is 0.455 e. The normalized spacial score (nSPS) is 18.6. The Labute approximate surface area is 127 Å². The third kappa shape index (κ3) is 2.63. The van der Waals surface area contributed by atoms with Gasteiger partial charge in [0.05, 0.1) is 5.69 Å². The number of para-hydroxylation sites is 2. The number of fused-ring (bicyclic) bond motifs is 2. The summed E-state index contributed by atoms with van der Waals surface area (Å²) >= 11 is 1.86. The molecule has 4 heteroatoms. The van der Waals surface area contributed by atoms with Gasteiger partial charge >= 0.3 is 0 Å². The molecule has 0 spiro atoms. The molecule has 1 unspecified atom stereocenters. The molecule has 2 aromatic carbocycles. The van der Waals surface area contributed by atoms with Crippen LogP contribution in [-0.4, -0.2) is 16.8 Å². The number of ketones is 1. The number of carbonyl (C=O) groups excluding carboxylic acids is 1. The first-order valence-electron chi connectivity index (χ1n) is 7.08. The molecule has 2 aliphatic heterocycles. The molecule has 1 atom stereocenters. The van der Waals surface area contributed by atoms with Crippen LogP contribution in [0.4, 0.5) is 5.69 Å². The van der Waals surface area contributed by atoms with E-state index in [4.69, 9.17) is 4.74 Å². The van der Waals surface area contributed by atoms with E-state index >= 15 is 0 Å². The second-order valence-electron chi connectivity index (χ2n) is 5.36. The Morgan fingerprint density at radius 2 is 2.10 bits per heavy atom. The summed E-state index contributed by atoms with van der Waals surface area (Å²) in [5, 5.41) is 3.90. The van der Waals surface area contributed by atoms with Gasteiger partial charge in [0.2, 0.25) is 0 Å². The molecular weight excluding hydrogens is 282 g/mol. The average molecular weight is 297 g/mol. The molecular formula is C17H15NO2S. The number of anilines is 1. The summed E-state index contributed by atoms with van der Waals surface area (Å²) in [6.45, 7) is 0.672. The predicted octanol–water partition coefficient (Wildman–Crippen LogP) is 4.09. The summed E-state index contributed by atoms with van der Waals surface area (Å²) in [4.78, 5) is 12.2. The van der Waals surface area contributed by atoms with Crippen molar-refractivity contribution in [1.82, 2.24) is 0 Å². The van der Waals surface area contributed by atoms with Gasteiger partial charge in [-0.15, -0.1) is 0 Å². The van der Waals surface area contributed by atoms with Crippen LogP contribution >= 0.6 is 11.8 Å². The Morgan fingerprint density at radius 1 is 1.24 bits per heavy atom. The zero-order valence-electron chi connectivity index (χ0n) is 11.5. The third-order valence-corrected chi connectivity index (χ3v) is 4.75. The summed E-state index contributed by atoms with van der Waals surface area (Å²) in [6.07, 6.45) is 0.651. The van der Waals surface area contributed by atoms with Crippen molar-refractivity contribution in [2.45, 2.75) is 18.2 Å². The highest BCUT2D eigenvalue weighted by molar-refractivity contribution is 8.06. The molecule has 0 aromatic heterocycles. The summed E-state index contributed by atoms with van der Waals surface area (Å²) in [5.41, 5.74) is 2.80. The van der Waals surface area contributed by atoms with E-state index in [0.717, 1.165) is 34.1 Å². The van der Waals surface area contributed by atoms with E-state index in [0.29, 0.717) is 18.2 Å². The fourth-order valence-electron chi connectivity index (χ4n) is 2.51. The smallest absolute Gasteiger partial charge is 0.164 e. The Kier molecular flexibility index (Phi) is 3.11. The minimum Gasteiger partial charge on any atom is -0.455 e. The van der Waals surface area contributed by atoms with Crippen LogP contribution in [0.5, 0.6) is 11.5 Å². The lowest BCUT2D eigenvalue weighted by molar-refractivity contribution is 0.0985. The Bertz CT molecular complexity index is 710. The standard InChI is InChI=1S/C17H15NO2S/c19-15(8-13-10-21-13)11-5-6-16-12(7-11)9-18-14-3-1-2-4-17(14)20-16/h1-7,13,18H,8-10H2. The number of benzene rings is 2. The molecule has 2 aliphatic rings. The topological polar surface area (TPSA) is 38.3 Å². The van der Waals surface area contributed by atoms with Crippen molar-refractivity contribution in [2.75, 3.05) is 11.1 Å². The quantitative estimate of drug-likeness (QED) is 0.684. The first-order chi connectivity index (χ1) is 10.3. The van der Waals surface area contributed by atoms with Crippen LogP contribution in [0.1, 0.15) is 22.3 Å². The number of rotatable bonds is 3. The Hall–Kier alpha value is -1.94. The highest BCUT2D eigenvalue weighted by Crippen LogP contribution is 2.37. The van der Waals surface area contributed by atoms with E-state index in [-0.39, 0.29) is 5.78 Å². The van der Waals surface area contributed by atoms with Crippen molar-refractivity contribution in [3.05, 3.63) is 53.6 Å². The fraction of sp³-hybridized carbons (Fsp3) is 0.235. The molecule has 4 rings (SSSR count). The zero-order chi connectivity index (χ0) is 14.2. The molecule has 0 amide bonds. The van der Waals surface area contributed by atoms with E-state index in [1.165, 1.54) is 0 Å². The molecule has 106 valence electrons. The molecule has 0 bridgehead atoms. The van der Waals surface area contributed by atoms with Gasteiger partial charge in [0, 0.05) is 35.1 Å². The van der Waals surface area contributed by atoms with Crippen molar-refractivity contribution < 1.29 is 9.53 Å². The van der Waals surface area contributed by atoms with Gasteiger partial charge in [0.15, 0.2) is 11.5 Å². The van der Waals surface area contributed by atoms with Gasteiger partial charge in [-0.25, -0.2) is 0 Å². The SMILES string of the molecule is O=C(CC1CS1)c1ccc2c(c1)CNc1ccccc1O2. The van der Waals surface area contributed by atoms with Gasteiger partial charge in [-0.3, -0.25) is 4.79 Å². The van der Waals surface area contributed by atoms with Crippen LogP contribution in [0.2, 0.25) is 0 Å². The van der Waals surface area contributed by atoms with Crippen molar-refractivity contribution in [3.8, 4) is 11.5 Å². The number of ether oxygens (including phenoxy) is 1. The minimum atomic E-state index is 0.231. The van der Waals surface area contributed by atoms with Crippen LogP contribution in [0.15, 0.2) is 42.5 Å². The number of thioether (sulfide) groups is 1. The second kappa shape index (κ2) is 5.11. The van der Waals surface area contributed by atoms with Gasteiger partial charge in [0.25, 0.3) is 0 Å². The van der Waals surface area contributed by atoms with E-state index in [1.807, 2.05) is 54.2 Å². The predicted molar refractivity (Wildman–Crippen MR) is 85.5 cm³/mol. The molecule has 0 saturated carbocycles. The zero-order valence-corrected chi connectivity index (χ0v) is 12.3. The second-order valence-corrected chi connectivity index (χ2v) is 6.69. The van der Waals surface area contributed by atoms with Crippen molar-refractivity contribution >= 4 is 23.2 Å². The van der Waals surface area contributed by atoms with Crippen molar-refractivity contribution in [1.29, 1.82) is 0 Å². The number of nitrogens with one attached hydrogen (secondary N) is 1. The Morgan fingerprint density at radius 3 is 2.95 bits per heavy atom. The molecule has 1 N–H and O–H groups in total. The molecule has 2 aromatic rings. The molecule has 0 aliphatic carbocycles. The molecule has 21 heavy (non-hydrogen) atoms. The summed E-state index contributed by atoms with van der Waals surface area (Å²) in [7, 11) is 0. The lowest BCUT2D eigenvalue weighted by Gasteiger charge is -2.09. The first kappa shape index (κ1) is 12.8. The first-order valence-corrected chi connectivity index (χ1v) is 8.13. The van der Waals surface area contributed by atoms with E-state index in [2.05, 4.69) is 5.32 Å². The summed E-state index contributed by atoms with van der Waals surface area (Å²) in [6, 6.07) is 13.6. The molecule has 0 radical (unpaired) electrons. The van der Waals surface area contributed by atoms with Gasteiger partial charge < -0.3 is 10.1 Å². The van der Waals surface area contributed by atoms with E-state index in [9.17, 15) is 4.79 Å². The van der Waals surface area contributed by atoms with Crippen molar-refractivity contribution in [2.24, 2.45) is 0 Å². The highest BCUT2D eigenvalue weighted by atomic mass is 32.2. The Balaban J connectivity index is 1.62. The van der Waals surface area contributed by atoms with Gasteiger partial charge in [-0.1, -0.05) is 12.1 Å². The van der Waals surface area contributed by atoms with Crippen molar-refractivity contribution in [3.63, 3.8) is 0 Å². The maximum atomic E-state index is 12.2. The summed E-state index contributed by atoms with van der Waals surface area (Å²) < 4.78 is 5.95. The summed E-state index contributed by atoms with van der Waals surface area (Å²) in [5.74, 6) is 3.00. The third-order valence-electron chi connectivity index (χ3n) is 3.77. The molecule has 1 saturated heterocycles. The molecule has 1 fully saturated rings. The van der Waals surface area contributed by atoms with Gasteiger partial charge in [0.1, 0.15) is 5.75 Å². The molecule has 2 heterocycles. The van der Waals surface area contributed by atoms with Crippen LogP contribution in [0.3, 0.4) is 0 Å². The van der Waals surface area contributed by atoms with E-state index in [1.54, 1.807) is 0 Å². The lowest BCUT2D eigenvalue weighted by Crippen LogP contribution is -2.04.